The van der Waals surface area contributed by atoms with Crippen molar-refractivity contribution in [3.05, 3.63) is 71.8 Å². The average Bonchev–Trinajstić information content (AvgIpc) is 3.67. The topological polar surface area (TPSA) is 216 Å². The molecule has 0 spiro atoms. The molecule has 6 amide bonds. The molecule has 0 radical (unpaired) electrons. The van der Waals surface area contributed by atoms with E-state index < -0.39 is 79.9 Å². The third-order valence-corrected chi connectivity index (χ3v) is 19.1. The summed E-state index contributed by atoms with van der Waals surface area (Å²) in [4.78, 5) is 94.0. The van der Waals surface area contributed by atoms with E-state index in [1.165, 1.54) is 0 Å². The van der Waals surface area contributed by atoms with Gasteiger partial charge in [-0.2, -0.15) is 0 Å². The van der Waals surface area contributed by atoms with Crippen molar-refractivity contribution in [2.24, 2.45) is 22.3 Å². The second-order valence-corrected chi connectivity index (χ2v) is 24.5. The predicted octanol–water partition coefficient (Wildman–Crippen LogP) is 2.90. The summed E-state index contributed by atoms with van der Waals surface area (Å²) < 4.78 is 0. The van der Waals surface area contributed by atoms with Crippen LogP contribution in [0.15, 0.2) is 60.7 Å². The summed E-state index contributed by atoms with van der Waals surface area (Å²) in [5.41, 5.74) is 12.4. The van der Waals surface area contributed by atoms with E-state index in [1.807, 2.05) is 112 Å². The number of benzene rings is 2. The fraction of sp³-hybridized carbons (Fsp3) is 0.600. The summed E-state index contributed by atoms with van der Waals surface area (Å²) in [6, 6.07) is 15.4. The van der Waals surface area contributed by atoms with Crippen molar-refractivity contribution < 1.29 is 28.8 Å². The summed E-state index contributed by atoms with van der Waals surface area (Å²) in [5.74, 6) is -3.29. The van der Waals surface area contributed by atoms with E-state index in [4.69, 9.17) is 35.9 Å². The van der Waals surface area contributed by atoms with E-state index in [0.717, 1.165) is 11.1 Å². The number of primary amides is 2. The van der Waals surface area contributed by atoms with E-state index in [1.54, 1.807) is 47.4 Å². The molecule has 5 aliphatic rings. The third kappa shape index (κ3) is 10.9. The van der Waals surface area contributed by atoms with Crippen LogP contribution in [0.5, 0.6) is 0 Å². The van der Waals surface area contributed by atoms with Crippen LogP contribution in [-0.2, 0) is 28.8 Å². The predicted molar refractivity (Wildman–Crippen MR) is 284 cm³/mol. The highest BCUT2D eigenvalue weighted by molar-refractivity contribution is 8.00. The lowest BCUT2D eigenvalue weighted by atomic mass is 9.84. The van der Waals surface area contributed by atoms with Gasteiger partial charge in [0.15, 0.2) is 0 Å². The van der Waals surface area contributed by atoms with Gasteiger partial charge in [-0.05, 0) is 75.6 Å². The average molecular weight is 1040 g/mol. The first-order chi connectivity index (χ1) is 33.1. The van der Waals surface area contributed by atoms with Gasteiger partial charge in [-0.3, -0.25) is 28.8 Å². The van der Waals surface area contributed by atoms with Crippen molar-refractivity contribution in [1.29, 1.82) is 0 Å². The minimum Gasteiger partial charge on any atom is -0.368 e. The zero-order chi connectivity index (χ0) is 51.0. The van der Waals surface area contributed by atoms with E-state index in [-0.39, 0.29) is 74.7 Å². The number of nitrogens with zero attached hydrogens (tertiary/aromatic N) is 4. The molecule has 0 bridgehead atoms. The molecule has 5 saturated heterocycles. The van der Waals surface area contributed by atoms with Crippen LogP contribution in [0, 0.1) is 10.8 Å². The summed E-state index contributed by atoms with van der Waals surface area (Å²) in [7, 11) is 3.57. The maximum atomic E-state index is 15.3. The lowest BCUT2D eigenvalue weighted by Gasteiger charge is -2.40. The molecular weight excluding hydrogens is 965 g/mol. The van der Waals surface area contributed by atoms with Gasteiger partial charge in [0.2, 0.25) is 35.4 Å². The van der Waals surface area contributed by atoms with Gasteiger partial charge in [-0.1, -0.05) is 113 Å². The van der Waals surface area contributed by atoms with Gasteiger partial charge < -0.3 is 52.3 Å². The normalized spacial score (nSPS) is 29.1. The van der Waals surface area contributed by atoms with E-state index >= 15 is 9.59 Å². The van der Waals surface area contributed by atoms with Crippen molar-refractivity contribution >= 4 is 93.4 Å². The largest absolute Gasteiger partial charge is 0.368 e. The smallest absolute Gasteiger partial charge is 0.246 e. The molecule has 2 aromatic carbocycles. The number of likely N-dealkylation sites (N-methyl/N-ethyl adjacent to an activating group) is 2. The number of thioether (sulfide) groups is 2. The Labute approximate surface area is 431 Å². The molecule has 7 rings (SSSR count). The van der Waals surface area contributed by atoms with Gasteiger partial charge in [-0.25, -0.2) is 0 Å². The standard InChI is InChI=1S/C50H70N10O6S4/c1-27(53-7)43(67)55-31-23-33(69-35-25-49(3,4)39(41(51)61)59(35)45(31)63)37(29-15-11-9-12-16-29)47(65)57-19-21-58(22-20-57)48(66)38(30-17-13-10-14-18-30)34-24-32(56-44(68)28(2)54-8)46(64)60-36(70-34)26-50(5,6)40(60)42(52)62/h9-18,27-28,31-40,53-54H,19-26H2,1-8H3,(H2,51,61)(H2,52,62)(H,55,67)(H,56,68)/t27-,28-,31?,32?,33?,34?,35?,36?,37+,38+,39?,40?/m0/s1. The quantitative estimate of drug-likeness (QED) is 0.150. The number of piperazine rings is 1. The Morgan fingerprint density at radius 3 is 1.24 bits per heavy atom. The second kappa shape index (κ2) is 21.8. The lowest BCUT2D eigenvalue weighted by Crippen LogP contribution is -2.57. The molecule has 12 atom stereocenters. The molecule has 0 aliphatic carbocycles. The lowest BCUT2D eigenvalue weighted by molar-refractivity contribution is -0.142. The second-order valence-electron chi connectivity index (χ2n) is 20.8. The fourth-order valence-corrected chi connectivity index (χ4v) is 15.7. The van der Waals surface area contributed by atoms with Gasteiger partial charge in [-0.15, -0.1) is 23.5 Å². The number of amides is 6. The van der Waals surface area contributed by atoms with Crippen LogP contribution in [0.2, 0.25) is 0 Å². The van der Waals surface area contributed by atoms with Crippen LogP contribution >= 0.6 is 48.0 Å². The van der Waals surface area contributed by atoms with Crippen LogP contribution in [0.3, 0.4) is 0 Å². The molecule has 5 heterocycles. The molecule has 20 heteroatoms. The summed E-state index contributed by atoms with van der Waals surface area (Å²) in [5, 5.41) is 11.2. The number of rotatable bonds is 14. The first-order valence-corrected chi connectivity index (χ1v) is 27.0. The van der Waals surface area contributed by atoms with Gasteiger partial charge in [0, 0.05) is 36.7 Å². The van der Waals surface area contributed by atoms with Crippen LogP contribution in [0.4, 0.5) is 0 Å². The van der Waals surface area contributed by atoms with Gasteiger partial charge >= 0.3 is 0 Å². The molecule has 8 N–H and O–H groups in total. The zero-order valence-corrected chi connectivity index (χ0v) is 44.7. The Kier molecular flexibility index (Phi) is 16.6. The maximum absolute atomic E-state index is 15.3. The van der Waals surface area contributed by atoms with Crippen molar-refractivity contribution in [1.82, 2.24) is 40.9 Å². The highest BCUT2D eigenvalue weighted by Gasteiger charge is 2.58. The number of thiocarbonyl (C=S) groups is 2. The number of nitrogens with one attached hydrogen (secondary N) is 4. The van der Waals surface area contributed by atoms with E-state index in [0.29, 0.717) is 22.8 Å². The minimum atomic E-state index is -0.846. The maximum Gasteiger partial charge on any atom is 0.246 e. The molecule has 8 unspecified atom stereocenters. The molecule has 16 nitrogen and oxygen atoms in total. The summed E-state index contributed by atoms with van der Waals surface area (Å²) in [6.07, 6.45) is 1.52. The van der Waals surface area contributed by atoms with Crippen molar-refractivity contribution in [3.8, 4) is 0 Å². The van der Waals surface area contributed by atoms with Gasteiger partial charge in [0.25, 0.3) is 0 Å². The molecule has 2 aromatic rings. The Morgan fingerprint density at radius 2 is 0.943 bits per heavy atom. The van der Waals surface area contributed by atoms with Gasteiger partial charge in [0.05, 0.1) is 44.6 Å². The van der Waals surface area contributed by atoms with E-state index in [9.17, 15) is 19.2 Å². The summed E-state index contributed by atoms with van der Waals surface area (Å²) >= 11 is 14.6. The molecule has 0 saturated carbocycles. The number of fused-ring (bicyclic) bond motifs is 2. The number of hydrogen-bond acceptors (Lipinski definition) is 12. The molecule has 380 valence electrons. The van der Waals surface area contributed by atoms with E-state index in [2.05, 4.69) is 21.3 Å². The number of carbonyl (C=O) groups is 6. The van der Waals surface area contributed by atoms with Crippen LogP contribution in [0.1, 0.15) is 90.2 Å². The van der Waals surface area contributed by atoms with Crippen molar-refractivity contribution in [2.45, 2.75) is 137 Å². The third-order valence-electron chi connectivity index (χ3n) is 15.1. The fourth-order valence-electron chi connectivity index (χ4n) is 11.2. The van der Waals surface area contributed by atoms with Crippen molar-refractivity contribution in [3.63, 3.8) is 0 Å². The monoisotopic (exact) mass is 1030 g/mol. The highest BCUT2D eigenvalue weighted by Crippen LogP contribution is 2.52. The molecule has 0 aromatic heterocycles. The minimum absolute atomic E-state index is 0.114. The van der Waals surface area contributed by atoms with Crippen LogP contribution in [0.25, 0.3) is 0 Å². The number of carbonyl (C=O) groups excluding carboxylic acids is 6. The molecular formula is C50H70N10O6S4. The van der Waals surface area contributed by atoms with Gasteiger partial charge in [0.1, 0.15) is 24.2 Å². The van der Waals surface area contributed by atoms with Crippen molar-refractivity contribution in [2.75, 3.05) is 40.3 Å². The summed E-state index contributed by atoms with van der Waals surface area (Å²) in [6.45, 7) is 12.7. The first kappa shape index (κ1) is 53.5. The number of hydrogen-bond donors (Lipinski definition) is 6. The Bertz CT molecular complexity index is 2160. The highest BCUT2D eigenvalue weighted by atomic mass is 32.2. The number of nitrogens with two attached hydrogens (primary N) is 2. The Balaban J connectivity index is 1.17. The van der Waals surface area contributed by atoms with Crippen LogP contribution in [-0.4, -0.2) is 163 Å². The zero-order valence-electron chi connectivity index (χ0n) is 41.4. The first-order valence-electron chi connectivity index (χ1n) is 24.3. The molecule has 5 aliphatic heterocycles. The van der Waals surface area contributed by atoms with Crippen LogP contribution < -0.4 is 32.7 Å². The molecule has 5 fully saturated rings. The SMILES string of the molecule is CN[C@@H](C)C(=S)NC1CC([C@H](C(=O)N2CCN(C(=O)[C@H](c3ccccc3)C3CC(NC(=S)[C@H](C)NC)C(=O)N4C(CC(C)(C)C4C(N)=O)S3)CC2)c2ccccc2)SC2CC(C)(C)C(C(N)=O)N2C1=O. The Hall–Kier alpha value is -4.34. The molecule has 70 heavy (non-hydrogen) atoms. The Morgan fingerprint density at radius 1 is 0.614 bits per heavy atom.